The maximum Gasteiger partial charge on any atom is 0.251 e. The Morgan fingerprint density at radius 3 is 2.05 bits per heavy atom. The van der Waals surface area contributed by atoms with Gasteiger partial charge in [-0.3, -0.25) is 4.79 Å². The molecule has 1 aromatic carbocycles. The fourth-order valence-corrected chi connectivity index (χ4v) is 4.57. The van der Waals surface area contributed by atoms with Crippen LogP contribution in [0.2, 0.25) is 0 Å². The number of amides is 1. The molecule has 2 heteroatoms. The van der Waals surface area contributed by atoms with Crippen LogP contribution in [0.3, 0.4) is 0 Å². The molecule has 1 N–H and O–H groups in total. The van der Waals surface area contributed by atoms with E-state index in [9.17, 15) is 4.79 Å². The number of rotatable bonds is 3. The van der Waals surface area contributed by atoms with Gasteiger partial charge < -0.3 is 5.32 Å². The van der Waals surface area contributed by atoms with Crippen molar-refractivity contribution in [3.05, 3.63) is 35.4 Å². The molecule has 0 radical (unpaired) electrons. The van der Waals surface area contributed by atoms with Crippen molar-refractivity contribution in [3.8, 4) is 0 Å². The largest absolute Gasteiger partial charge is 0.348 e. The fourth-order valence-electron chi connectivity index (χ4n) is 4.57. The van der Waals surface area contributed by atoms with Crippen molar-refractivity contribution < 1.29 is 4.79 Å². The van der Waals surface area contributed by atoms with Gasteiger partial charge in [0.25, 0.3) is 5.91 Å². The molecule has 0 aromatic heterocycles. The predicted molar refractivity (Wildman–Crippen MR) is 83.8 cm³/mol. The summed E-state index contributed by atoms with van der Waals surface area (Å²) in [4.78, 5) is 12.4. The number of nitrogens with one attached hydrogen (secondary N) is 1. The summed E-state index contributed by atoms with van der Waals surface area (Å²) in [5.74, 6) is 0.698. The van der Waals surface area contributed by atoms with E-state index in [1.54, 1.807) is 0 Å². The van der Waals surface area contributed by atoms with Crippen molar-refractivity contribution in [1.82, 2.24) is 5.32 Å². The Morgan fingerprint density at radius 1 is 1.10 bits per heavy atom. The predicted octanol–water partition coefficient (Wildman–Crippen LogP) is 4.19. The SMILES string of the molecule is CCC1C(C)(C)C(NC(=O)c2ccc(C)cc2)C1(C)C. The third kappa shape index (κ3) is 2.25. The van der Waals surface area contributed by atoms with E-state index in [4.69, 9.17) is 0 Å². The number of carbonyl (C=O) groups is 1. The Kier molecular flexibility index (Phi) is 3.70. The second-order valence-corrected chi connectivity index (χ2v) is 7.38. The standard InChI is InChI=1S/C18H27NO/c1-7-14-17(3,4)16(18(14,5)6)19-15(20)13-10-8-12(2)9-11-13/h8-11,14,16H,7H2,1-6H3,(H,19,20). The molecule has 1 fully saturated rings. The smallest absolute Gasteiger partial charge is 0.251 e. The van der Waals surface area contributed by atoms with Crippen LogP contribution in [0.25, 0.3) is 0 Å². The Balaban J connectivity index is 2.14. The van der Waals surface area contributed by atoms with Crippen molar-refractivity contribution in [3.63, 3.8) is 0 Å². The second kappa shape index (κ2) is 4.91. The maximum atomic E-state index is 12.4. The van der Waals surface area contributed by atoms with Crippen molar-refractivity contribution in [2.24, 2.45) is 16.7 Å². The highest BCUT2D eigenvalue weighted by Crippen LogP contribution is 2.60. The molecule has 0 unspecified atom stereocenters. The Bertz CT molecular complexity index is 483. The van der Waals surface area contributed by atoms with E-state index >= 15 is 0 Å². The molecule has 0 spiro atoms. The minimum absolute atomic E-state index is 0.0469. The van der Waals surface area contributed by atoms with E-state index in [1.807, 2.05) is 31.2 Å². The molecule has 0 saturated heterocycles. The topological polar surface area (TPSA) is 29.1 Å². The Morgan fingerprint density at radius 2 is 1.60 bits per heavy atom. The minimum atomic E-state index is 0.0469. The van der Waals surface area contributed by atoms with Crippen LogP contribution in [-0.4, -0.2) is 11.9 Å². The van der Waals surface area contributed by atoms with E-state index in [0.717, 1.165) is 12.0 Å². The second-order valence-electron chi connectivity index (χ2n) is 7.38. The molecule has 2 rings (SSSR count). The molecule has 0 atom stereocenters. The van der Waals surface area contributed by atoms with Gasteiger partial charge in [-0.15, -0.1) is 0 Å². The van der Waals surface area contributed by atoms with Crippen LogP contribution in [-0.2, 0) is 0 Å². The molecule has 1 aromatic rings. The first kappa shape index (κ1) is 15.1. The summed E-state index contributed by atoms with van der Waals surface area (Å²) < 4.78 is 0. The molecule has 0 bridgehead atoms. The van der Waals surface area contributed by atoms with Gasteiger partial charge >= 0.3 is 0 Å². The van der Waals surface area contributed by atoms with Gasteiger partial charge in [-0.1, -0.05) is 58.7 Å². The molecule has 110 valence electrons. The number of benzene rings is 1. The molecule has 1 aliphatic carbocycles. The monoisotopic (exact) mass is 273 g/mol. The third-order valence-electron chi connectivity index (χ3n) is 5.28. The lowest BCUT2D eigenvalue weighted by molar-refractivity contribution is -0.123. The molecular weight excluding hydrogens is 246 g/mol. The highest BCUT2D eigenvalue weighted by Gasteiger charge is 2.60. The van der Waals surface area contributed by atoms with E-state index in [1.165, 1.54) is 5.56 Å². The van der Waals surface area contributed by atoms with Crippen LogP contribution >= 0.6 is 0 Å². The number of hydrogen-bond donors (Lipinski definition) is 1. The highest BCUT2D eigenvalue weighted by atomic mass is 16.1. The number of carbonyl (C=O) groups excluding carboxylic acids is 1. The number of aryl methyl sites for hydroxylation is 1. The summed E-state index contributed by atoms with van der Waals surface area (Å²) in [7, 11) is 0. The fraction of sp³-hybridized carbons (Fsp3) is 0.611. The third-order valence-corrected chi connectivity index (χ3v) is 5.28. The van der Waals surface area contributed by atoms with E-state index < -0.39 is 0 Å². The first-order chi connectivity index (χ1) is 9.21. The van der Waals surface area contributed by atoms with Gasteiger partial charge in [0.2, 0.25) is 0 Å². The molecule has 1 saturated carbocycles. The zero-order valence-corrected chi connectivity index (χ0v) is 13.6. The summed E-state index contributed by atoms with van der Waals surface area (Å²) in [6, 6.07) is 8.01. The quantitative estimate of drug-likeness (QED) is 0.879. The molecule has 0 aliphatic heterocycles. The zero-order chi connectivity index (χ0) is 15.1. The van der Waals surface area contributed by atoms with Crippen LogP contribution in [0.15, 0.2) is 24.3 Å². The van der Waals surface area contributed by atoms with Crippen molar-refractivity contribution in [2.45, 2.75) is 54.0 Å². The summed E-state index contributed by atoms with van der Waals surface area (Å²) in [5, 5.41) is 3.26. The van der Waals surface area contributed by atoms with Crippen molar-refractivity contribution in [2.75, 3.05) is 0 Å². The molecule has 20 heavy (non-hydrogen) atoms. The van der Waals surface area contributed by atoms with Crippen LogP contribution in [0.1, 0.15) is 57.0 Å². The first-order valence-corrected chi connectivity index (χ1v) is 7.58. The molecule has 2 nitrogen and oxygen atoms in total. The molecule has 1 aliphatic rings. The van der Waals surface area contributed by atoms with Crippen LogP contribution < -0.4 is 5.32 Å². The average molecular weight is 273 g/mol. The lowest BCUT2D eigenvalue weighted by Crippen LogP contribution is -2.69. The summed E-state index contributed by atoms with van der Waals surface area (Å²) in [6.45, 7) is 13.4. The highest BCUT2D eigenvalue weighted by molar-refractivity contribution is 5.94. The van der Waals surface area contributed by atoms with Gasteiger partial charge in [0.1, 0.15) is 0 Å². The summed E-state index contributed by atoms with van der Waals surface area (Å²) in [6.07, 6.45) is 1.16. The lowest BCUT2D eigenvalue weighted by atomic mass is 9.44. The first-order valence-electron chi connectivity index (χ1n) is 7.58. The molecular formula is C18H27NO. The van der Waals surface area contributed by atoms with Gasteiger partial charge in [0.15, 0.2) is 0 Å². The van der Waals surface area contributed by atoms with Gasteiger partial charge in [0, 0.05) is 11.6 Å². The molecule has 0 heterocycles. The van der Waals surface area contributed by atoms with Crippen molar-refractivity contribution >= 4 is 5.91 Å². The van der Waals surface area contributed by atoms with Crippen LogP contribution in [0.4, 0.5) is 0 Å². The van der Waals surface area contributed by atoms with E-state index in [2.05, 4.69) is 39.9 Å². The van der Waals surface area contributed by atoms with Gasteiger partial charge in [-0.05, 0) is 35.8 Å². The van der Waals surface area contributed by atoms with Crippen LogP contribution in [0.5, 0.6) is 0 Å². The van der Waals surface area contributed by atoms with E-state index in [0.29, 0.717) is 5.92 Å². The summed E-state index contributed by atoms with van der Waals surface area (Å²) >= 11 is 0. The van der Waals surface area contributed by atoms with Crippen LogP contribution in [0, 0.1) is 23.7 Å². The minimum Gasteiger partial charge on any atom is -0.348 e. The average Bonchev–Trinajstić information content (AvgIpc) is 2.36. The normalized spacial score (nSPS) is 26.7. The lowest BCUT2D eigenvalue weighted by Gasteiger charge is -2.64. The van der Waals surface area contributed by atoms with E-state index in [-0.39, 0.29) is 22.8 Å². The summed E-state index contributed by atoms with van der Waals surface area (Å²) in [5.41, 5.74) is 2.26. The zero-order valence-electron chi connectivity index (χ0n) is 13.6. The van der Waals surface area contributed by atoms with Gasteiger partial charge in [0.05, 0.1) is 0 Å². The van der Waals surface area contributed by atoms with Gasteiger partial charge in [-0.2, -0.15) is 0 Å². The van der Waals surface area contributed by atoms with Gasteiger partial charge in [-0.25, -0.2) is 0 Å². The van der Waals surface area contributed by atoms with Crippen molar-refractivity contribution in [1.29, 1.82) is 0 Å². The Hall–Kier alpha value is -1.31. The number of hydrogen-bond acceptors (Lipinski definition) is 1. The maximum absolute atomic E-state index is 12.4. The Labute approximate surface area is 123 Å². The molecule has 1 amide bonds.